The van der Waals surface area contributed by atoms with Crippen LogP contribution in [0.15, 0.2) is 11.4 Å². The highest BCUT2D eigenvalue weighted by atomic mass is 32.1. The second-order valence-corrected chi connectivity index (χ2v) is 1.77. The molecule has 2 N–H and O–H groups in total. The summed E-state index contributed by atoms with van der Waals surface area (Å²) in [5, 5.41) is 12.7. The molecule has 0 saturated heterocycles. The van der Waals surface area contributed by atoms with Gasteiger partial charge in [-0.1, -0.05) is 0 Å². The van der Waals surface area contributed by atoms with E-state index in [1.807, 2.05) is 5.48 Å². The topological polar surface area (TPSA) is 32.3 Å². The molecule has 0 aromatic carbocycles. The Balaban J connectivity index is 2.76. The molecule has 3 heteroatoms. The van der Waals surface area contributed by atoms with E-state index in [4.69, 9.17) is 5.21 Å². The van der Waals surface area contributed by atoms with E-state index in [0.29, 0.717) is 5.69 Å². The molecule has 37 valence electrons. The van der Waals surface area contributed by atoms with E-state index in [2.05, 4.69) is 5.38 Å². The normalized spacial score (nSPS) is 8.71. The lowest BCUT2D eigenvalue weighted by atomic mass is 10.6. The quantitative estimate of drug-likeness (QED) is 0.540. The Kier molecular flexibility index (Phi) is 1.29. The van der Waals surface area contributed by atoms with Gasteiger partial charge in [-0.3, -0.25) is 10.7 Å². The number of anilines is 1. The van der Waals surface area contributed by atoms with E-state index in [1.165, 1.54) is 11.3 Å². The molecule has 1 rings (SSSR count). The van der Waals surface area contributed by atoms with Gasteiger partial charge in [-0.25, -0.2) is 0 Å². The van der Waals surface area contributed by atoms with Crippen molar-refractivity contribution in [3.63, 3.8) is 0 Å². The van der Waals surface area contributed by atoms with Gasteiger partial charge in [0.2, 0.25) is 0 Å². The van der Waals surface area contributed by atoms with Crippen molar-refractivity contribution in [2.24, 2.45) is 0 Å². The van der Waals surface area contributed by atoms with Crippen molar-refractivity contribution in [3.8, 4) is 0 Å². The molecular weight excluding hydrogens is 110 g/mol. The van der Waals surface area contributed by atoms with Crippen molar-refractivity contribution in [2.75, 3.05) is 5.48 Å². The van der Waals surface area contributed by atoms with Crippen LogP contribution in [0.3, 0.4) is 0 Å². The average Bonchev–Trinajstić information content (AvgIpc) is 2.14. The summed E-state index contributed by atoms with van der Waals surface area (Å²) in [6, 6.07) is 1.67. The lowest BCUT2D eigenvalue weighted by Gasteiger charge is -1.84. The number of hydrogen-bond donors (Lipinski definition) is 2. The fourth-order valence-corrected chi connectivity index (χ4v) is 0.798. The van der Waals surface area contributed by atoms with Crippen LogP contribution in [0.25, 0.3) is 0 Å². The summed E-state index contributed by atoms with van der Waals surface area (Å²) in [4.78, 5) is 0. The monoisotopic (exact) mass is 114 g/mol. The second-order valence-electron chi connectivity index (χ2n) is 1.07. The summed E-state index contributed by atoms with van der Waals surface area (Å²) in [7, 11) is 0. The molecule has 2 nitrogen and oxygen atoms in total. The fraction of sp³-hybridized carbons (Fsp3) is 0. The maximum Gasteiger partial charge on any atom is 0.0715 e. The Morgan fingerprint density at radius 1 is 1.86 bits per heavy atom. The van der Waals surface area contributed by atoms with E-state index in [9.17, 15) is 0 Å². The zero-order valence-corrected chi connectivity index (χ0v) is 4.33. The van der Waals surface area contributed by atoms with Crippen LogP contribution in [0, 0.1) is 5.38 Å². The van der Waals surface area contributed by atoms with E-state index in [-0.39, 0.29) is 0 Å². The summed E-state index contributed by atoms with van der Waals surface area (Å²) in [6.07, 6.45) is 0. The molecule has 0 saturated carbocycles. The van der Waals surface area contributed by atoms with Gasteiger partial charge in [0, 0.05) is 10.8 Å². The van der Waals surface area contributed by atoms with Crippen LogP contribution in [0.1, 0.15) is 0 Å². The molecule has 0 fully saturated rings. The first kappa shape index (κ1) is 4.61. The molecule has 0 aliphatic carbocycles. The highest BCUT2D eigenvalue weighted by Gasteiger charge is 1.82. The van der Waals surface area contributed by atoms with Crippen molar-refractivity contribution in [2.45, 2.75) is 0 Å². The van der Waals surface area contributed by atoms with Crippen molar-refractivity contribution < 1.29 is 5.21 Å². The van der Waals surface area contributed by atoms with Crippen LogP contribution in [0.5, 0.6) is 0 Å². The number of thiophene rings is 1. The molecule has 0 bridgehead atoms. The first-order valence-corrected chi connectivity index (χ1v) is 2.66. The third kappa shape index (κ3) is 0.913. The smallest absolute Gasteiger partial charge is 0.0715 e. The zero-order chi connectivity index (χ0) is 5.11. The standard InChI is InChI=1S/C4H4NOS/c6-5-4-1-2-7-3-4/h1,3,5-6H. The highest BCUT2D eigenvalue weighted by molar-refractivity contribution is 7.07. The van der Waals surface area contributed by atoms with Gasteiger partial charge in [-0.05, 0) is 6.07 Å². The molecule has 0 unspecified atom stereocenters. The van der Waals surface area contributed by atoms with Crippen LogP contribution < -0.4 is 5.48 Å². The van der Waals surface area contributed by atoms with Crippen LogP contribution in [0.4, 0.5) is 5.69 Å². The van der Waals surface area contributed by atoms with Crippen LogP contribution >= 0.6 is 11.3 Å². The second kappa shape index (κ2) is 1.95. The fourth-order valence-electron chi connectivity index (χ4n) is 0.288. The lowest BCUT2D eigenvalue weighted by molar-refractivity contribution is 0.389. The summed E-state index contributed by atoms with van der Waals surface area (Å²) in [5.74, 6) is 0. The Morgan fingerprint density at radius 3 is 3.00 bits per heavy atom. The van der Waals surface area contributed by atoms with Gasteiger partial charge in [0.15, 0.2) is 0 Å². The van der Waals surface area contributed by atoms with E-state index >= 15 is 0 Å². The molecule has 1 aromatic rings. The number of rotatable bonds is 1. The molecule has 0 aliphatic rings. The Labute approximate surface area is 45.4 Å². The van der Waals surface area contributed by atoms with Crippen LogP contribution in [0.2, 0.25) is 0 Å². The Bertz CT molecular complexity index is 126. The van der Waals surface area contributed by atoms with Crippen molar-refractivity contribution in [1.82, 2.24) is 0 Å². The van der Waals surface area contributed by atoms with Gasteiger partial charge < -0.3 is 0 Å². The summed E-state index contributed by atoms with van der Waals surface area (Å²) in [6.45, 7) is 0. The molecule has 1 radical (unpaired) electrons. The van der Waals surface area contributed by atoms with Gasteiger partial charge in [0.25, 0.3) is 0 Å². The van der Waals surface area contributed by atoms with Gasteiger partial charge in [-0.2, -0.15) is 0 Å². The zero-order valence-electron chi connectivity index (χ0n) is 3.51. The van der Waals surface area contributed by atoms with Crippen LogP contribution in [-0.4, -0.2) is 5.21 Å². The lowest BCUT2D eigenvalue weighted by Crippen LogP contribution is -1.82. The van der Waals surface area contributed by atoms with Gasteiger partial charge in [0.1, 0.15) is 0 Å². The molecule has 0 atom stereocenters. The largest absolute Gasteiger partial charge is 0.291 e. The van der Waals surface area contributed by atoms with Gasteiger partial charge >= 0.3 is 0 Å². The first-order chi connectivity index (χ1) is 3.43. The molecule has 0 spiro atoms. The van der Waals surface area contributed by atoms with Gasteiger partial charge in [0.05, 0.1) is 5.69 Å². The summed E-state index contributed by atoms with van der Waals surface area (Å²) < 4.78 is 0. The minimum atomic E-state index is 0.699. The predicted molar refractivity (Wildman–Crippen MR) is 28.6 cm³/mol. The van der Waals surface area contributed by atoms with E-state index in [1.54, 1.807) is 11.4 Å². The van der Waals surface area contributed by atoms with E-state index < -0.39 is 0 Å². The van der Waals surface area contributed by atoms with Crippen molar-refractivity contribution >= 4 is 17.0 Å². The molecule has 7 heavy (non-hydrogen) atoms. The third-order valence-corrected chi connectivity index (χ3v) is 1.22. The number of hydrogen-bond acceptors (Lipinski definition) is 3. The highest BCUT2D eigenvalue weighted by Crippen LogP contribution is 2.08. The maximum atomic E-state index is 8.16. The first-order valence-electron chi connectivity index (χ1n) is 1.78. The molecular formula is C4H4NOS. The average molecular weight is 114 g/mol. The minimum absolute atomic E-state index is 0.699. The summed E-state index contributed by atoms with van der Waals surface area (Å²) in [5.41, 5.74) is 2.69. The Hall–Kier alpha value is -0.540. The molecule has 0 aliphatic heterocycles. The van der Waals surface area contributed by atoms with Crippen molar-refractivity contribution in [1.29, 1.82) is 0 Å². The minimum Gasteiger partial charge on any atom is -0.291 e. The van der Waals surface area contributed by atoms with Crippen LogP contribution in [-0.2, 0) is 0 Å². The van der Waals surface area contributed by atoms with Crippen molar-refractivity contribution in [3.05, 3.63) is 16.8 Å². The van der Waals surface area contributed by atoms with E-state index in [0.717, 1.165) is 0 Å². The number of nitrogens with one attached hydrogen (secondary N) is 1. The molecule has 1 heterocycles. The molecule has 1 aromatic heterocycles. The summed E-state index contributed by atoms with van der Waals surface area (Å²) >= 11 is 1.42. The predicted octanol–water partition coefficient (Wildman–Crippen LogP) is 1.35. The Morgan fingerprint density at radius 2 is 2.71 bits per heavy atom. The third-order valence-electron chi connectivity index (χ3n) is 0.597. The molecule has 0 amide bonds. The SMILES string of the molecule is ONc1c[c]sc1. The van der Waals surface area contributed by atoms with Gasteiger partial charge in [-0.15, -0.1) is 11.3 Å². The maximum absolute atomic E-state index is 8.16.